The summed E-state index contributed by atoms with van der Waals surface area (Å²) in [5, 5.41) is 0. The number of methoxy groups -OCH3 is 1. The summed E-state index contributed by atoms with van der Waals surface area (Å²) in [6.45, 7) is 6.55. The van der Waals surface area contributed by atoms with E-state index in [4.69, 9.17) is 4.74 Å². The van der Waals surface area contributed by atoms with Gasteiger partial charge in [0.2, 0.25) is 0 Å². The van der Waals surface area contributed by atoms with Crippen LogP contribution in [0.3, 0.4) is 0 Å². The molecular formula is C24H29FN2O2. The van der Waals surface area contributed by atoms with Gasteiger partial charge in [-0.05, 0) is 74.6 Å². The lowest BCUT2D eigenvalue weighted by atomic mass is 9.89. The number of nitrogens with zero attached hydrogens (tertiary/aromatic N) is 2. The molecular weight excluding hydrogens is 367 g/mol. The lowest BCUT2D eigenvalue weighted by Gasteiger charge is -2.42. The van der Waals surface area contributed by atoms with Crippen molar-refractivity contribution in [3.05, 3.63) is 65.5 Å². The van der Waals surface area contributed by atoms with Crippen LogP contribution in [0.15, 0.2) is 48.5 Å². The molecule has 0 saturated carbocycles. The zero-order valence-corrected chi connectivity index (χ0v) is 17.4. The van der Waals surface area contributed by atoms with E-state index in [-0.39, 0.29) is 17.3 Å². The molecule has 0 spiro atoms. The van der Waals surface area contributed by atoms with Crippen molar-refractivity contribution in [2.45, 2.75) is 44.9 Å². The molecule has 2 fully saturated rings. The Labute approximate surface area is 172 Å². The molecule has 0 aliphatic carbocycles. The largest absolute Gasteiger partial charge is 0.380 e. The van der Waals surface area contributed by atoms with Crippen LogP contribution in [0.2, 0.25) is 0 Å². The molecule has 2 atom stereocenters. The van der Waals surface area contributed by atoms with Gasteiger partial charge in [0.1, 0.15) is 5.82 Å². The number of carbonyl (C=O) groups is 1. The molecule has 0 N–H and O–H groups in total. The minimum atomic E-state index is -0.209. The molecule has 2 aliphatic rings. The number of hydrogen-bond acceptors (Lipinski definition) is 3. The van der Waals surface area contributed by atoms with E-state index in [2.05, 4.69) is 18.7 Å². The Kier molecular flexibility index (Phi) is 5.34. The highest BCUT2D eigenvalue weighted by Gasteiger charge is 2.48. The second kappa shape index (κ2) is 7.79. The Balaban J connectivity index is 1.49. The molecule has 0 radical (unpaired) electrons. The van der Waals surface area contributed by atoms with Crippen molar-refractivity contribution in [2.24, 2.45) is 5.92 Å². The summed E-state index contributed by atoms with van der Waals surface area (Å²) in [6, 6.07) is 14.9. The van der Waals surface area contributed by atoms with Crippen LogP contribution in [-0.4, -0.2) is 42.6 Å². The minimum Gasteiger partial charge on any atom is -0.380 e. The number of fused-ring (bicyclic) bond motifs is 1. The van der Waals surface area contributed by atoms with Gasteiger partial charge in [-0.1, -0.05) is 12.1 Å². The maximum Gasteiger partial charge on any atom is 0.253 e. The smallest absolute Gasteiger partial charge is 0.253 e. The number of ether oxygens (including phenoxy) is 1. The maximum atomic E-state index is 13.4. The zero-order chi connectivity index (χ0) is 20.6. The van der Waals surface area contributed by atoms with Gasteiger partial charge in [0, 0.05) is 43.0 Å². The predicted octanol–water partition coefficient (Wildman–Crippen LogP) is 4.49. The predicted molar refractivity (Wildman–Crippen MR) is 113 cm³/mol. The number of anilines is 1. The van der Waals surface area contributed by atoms with Crippen LogP contribution in [0.25, 0.3) is 0 Å². The minimum absolute atomic E-state index is 0.0198. The van der Waals surface area contributed by atoms with E-state index < -0.39 is 0 Å². The summed E-state index contributed by atoms with van der Waals surface area (Å²) in [7, 11) is 1.67. The van der Waals surface area contributed by atoms with Gasteiger partial charge in [-0.15, -0.1) is 0 Å². The molecule has 0 unspecified atom stereocenters. The SMILES string of the molecule is COCc1ccc(C(=O)N2CC[C@H]3[C@@H](C2)CC(C)(C)N3c2ccc(F)cc2)cc1. The van der Waals surface area contributed by atoms with Crippen LogP contribution in [0.4, 0.5) is 10.1 Å². The van der Waals surface area contributed by atoms with Crippen molar-refractivity contribution in [1.82, 2.24) is 4.90 Å². The van der Waals surface area contributed by atoms with Gasteiger partial charge >= 0.3 is 0 Å². The molecule has 2 aromatic rings. The van der Waals surface area contributed by atoms with Gasteiger partial charge in [-0.25, -0.2) is 4.39 Å². The molecule has 5 heteroatoms. The molecule has 2 aromatic carbocycles. The van der Waals surface area contributed by atoms with E-state index in [0.717, 1.165) is 42.7 Å². The summed E-state index contributed by atoms with van der Waals surface area (Å²) in [5.41, 5.74) is 2.84. The first-order valence-electron chi connectivity index (χ1n) is 10.3. The monoisotopic (exact) mass is 396 g/mol. The number of rotatable bonds is 4. The van der Waals surface area contributed by atoms with Crippen LogP contribution in [-0.2, 0) is 11.3 Å². The zero-order valence-electron chi connectivity index (χ0n) is 17.4. The number of amides is 1. The van der Waals surface area contributed by atoms with E-state index >= 15 is 0 Å². The van der Waals surface area contributed by atoms with Gasteiger partial charge in [-0.3, -0.25) is 4.79 Å². The second-order valence-electron chi connectivity index (χ2n) is 8.86. The van der Waals surface area contributed by atoms with Crippen molar-refractivity contribution < 1.29 is 13.9 Å². The molecule has 1 amide bonds. The molecule has 2 aliphatic heterocycles. The molecule has 0 bridgehead atoms. The van der Waals surface area contributed by atoms with Crippen molar-refractivity contribution in [1.29, 1.82) is 0 Å². The highest BCUT2D eigenvalue weighted by atomic mass is 19.1. The summed E-state index contributed by atoms with van der Waals surface area (Å²) in [4.78, 5) is 17.5. The van der Waals surface area contributed by atoms with Gasteiger partial charge < -0.3 is 14.5 Å². The third-order valence-corrected chi connectivity index (χ3v) is 6.34. The third kappa shape index (κ3) is 3.88. The average Bonchev–Trinajstić information content (AvgIpc) is 2.98. The molecule has 2 heterocycles. The molecule has 0 aromatic heterocycles. The fourth-order valence-corrected chi connectivity index (χ4v) is 5.17. The first-order valence-corrected chi connectivity index (χ1v) is 10.3. The number of hydrogen-bond donors (Lipinski definition) is 0. The molecule has 4 nitrogen and oxygen atoms in total. The van der Waals surface area contributed by atoms with Gasteiger partial charge in [0.15, 0.2) is 0 Å². The van der Waals surface area contributed by atoms with E-state index in [0.29, 0.717) is 18.6 Å². The standard InChI is InChI=1S/C24H29FN2O2/c1-24(2)14-19-15-26(23(28)18-6-4-17(5-7-18)16-29-3)13-12-22(19)27(24)21-10-8-20(25)9-11-21/h4-11,19,22H,12-16H2,1-3H3/t19-,22+/m1/s1. The molecule has 154 valence electrons. The number of halogens is 1. The topological polar surface area (TPSA) is 32.8 Å². The quantitative estimate of drug-likeness (QED) is 0.763. The Morgan fingerprint density at radius 3 is 2.48 bits per heavy atom. The number of benzene rings is 2. The second-order valence-corrected chi connectivity index (χ2v) is 8.86. The third-order valence-electron chi connectivity index (χ3n) is 6.34. The van der Waals surface area contributed by atoms with Gasteiger partial charge in [0.05, 0.1) is 6.61 Å². The Morgan fingerprint density at radius 2 is 1.83 bits per heavy atom. The Hall–Kier alpha value is -2.40. The van der Waals surface area contributed by atoms with Crippen molar-refractivity contribution in [3.8, 4) is 0 Å². The lowest BCUT2D eigenvalue weighted by Crippen LogP contribution is -2.50. The van der Waals surface area contributed by atoms with Gasteiger partial charge in [-0.2, -0.15) is 0 Å². The normalized spacial score (nSPS) is 23.2. The molecule has 2 saturated heterocycles. The van der Waals surface area contributed by atoms with Crippen molar-refractivity contribution in [2.75, 3.05) is 25.1 Å². The highest BCUT2D eigenvalue weighted by Crippen LogP contribution is 2.44. The van der Waals surface area contributed by atoms with Gasteiger partial charge in [0.25, 0.3) is 5.91 Å². The highest BCUT2D eigenvalue weighted by molar-refractivity contribution is 5.94. The molecule has 4 rings (SSSR count). The number of piperidine rings is 1. The first-order chi connectivity index (χ1) is 13.9. The van der Waals surface area contributed by atoms with E-state index in [1.54, 1.807) is 7.11 Å². The Morgan fingerprint density at radius 1 is 1.14 bits per heavy atom. The van der Waals surface area contributed by atoms with Crippen LogP contribution in [0.1, 0.15) is 42.6 Å². The van der Waals surface area contributed by atoms with Crippen LogP contribution in [0, 0.1) is 11.7 Å². The summed E-state index contributed by atoms with van der Waals surface area (Å²) >= 11 is 0. The average molecular weight is 397 g/mol. The first kappa shape index (κ1) is 19.9. The molecule has 29 heavy (non-hydrogen) atoms. The summed E-state index contributed by atoms with van der Waals surface area (Å²) in [6.07, 6.45) is 1.95. The van der Waals surface area contributed by atoms with Crippen LogP contribution in [0.5, 0.6) is 0 Å². The summed E-state index contributed by atoms with van der Waals surface area (Å²) < 4.78 is 18.5. The van der Waals surface area contributed by atoms with Crippen LogP contribution >= 0.6 is 0 Å². The van der Waals surface area contributed by atoms with E-state index in [1.165, 1.54) is 12.1 Å². The Bertz CT molecular complexity index is 863. The summed E-state index contributed by atoms with van der Waals surface area (Å²) in [5.74, 6) is 0.310. The van der Waals surface area contributed by atoms with E-state index in [1.807, 2.05) is 41.3 Å². The van der Waals surface area contributed by atoms with Crippen molar-refractivity contribution >= 4 is 11.6 Å². The van der Waals surface area contributed by atoms with E-state index in [9.17, 15) is 9.18 Å². The lowest BCUT2D eigenvalue weighted by molar-refractivity contribution is 0.0667. The number of carbonyl (C=O) groups excluding carboxylic acids is 1. The fourth-order valence-electron chi connectivity index (χ4n) is 5.17. The number of likely N-dealkylation sites (tertiary alicyclic amines) is 1. The van der Waals surface area contributed by atoms with Crippen LogP contribution < -0.4 is 4.90 Å². The fraction of sp³-hybridized carbons (Fsp3) is 0.458. The maximum absolute atomic E-state index is 13.4. The van der Waals surface area contributed by atoms with Crippen molar-refractivity contribution in [3.63, 3.8) is 0 Å².